The number of rotatable bonds is 5. The molecular formula is C16H14Cl2N4O3. The largest absolute Gasteiger partial charge is 0.470 e. The summed E-state index contributed by atoms with van der Waals surface area (Å²) < 4.78 is 12.1. The number of hydrogen-bond acceptors (Lipinski definition) is 5. The summed E-state index contributed by atoms with van der Waals surface area (Å²) in [5.74, 6) is 0.645. The number of halogens is 2. The number of nitrogens with zero attached hydrogens (tertiary/aromatic N) is 3. The summed E-state index contributed by atoms with van der Waals surface area (Å²) in [4.78, 5) is 12.3. The lowest BCUT2D eigenvalue weighted by Gasteiger charge is -2.08. The van der Waals surface area contributed by atoms with Crippen LogP contribution < -0.4 is 10.1 Å². The molecule has 0 aliphatic rings. The molecule has 130 valence electrons. The first-order valence-corrected chi connectivity index (χ1v) is 8.05. The number of anilines is 1. The molecule has 3 aromatic rings. The van der Waals surface area contributed by atoms with Crippen molar-refractivity contribution in [3.8, 4) is 5.75 Å². The van der Waals surface area contributed by atoms with Crippen molar-refractivity contribution in [3.05, 3.63) is 57.7 Å². The standard InChI is InChI=1S/C16H14Cl2N4O3/c1-9-15(10(2)25-21-9)19-16(23)13-5-6-22(20-13)8-24-14-4-3-11(17)7-12(14)18/h3-7H,8H2,1-2H3,(H,19,23). The van der Waals surface area contributed by atoms with E-state index in [2.05, 4.69) is 15.6 Å². The Labute approximate surface area is 153 Å². The van der Waals surface area contributed by atoms with Crippen molar-refractivity contribution in [1.82, 2.24) is 14.9 Å². The van der Waals surface area contributed by atoms with E-state index in [1.165, 1.54) is 4.68 Å². The maximum absolute atomic E-state index is 12.3. The number of carbonyl (C=O) groups excluding carboxylic acids is 1. The Hall–Kier alpha value is -2.51. The summed E-state index contributed by atoms with van der Waals surface area (Å²) in [5.41, 5.74) is 1.39. The first kappa shape index (κ1) is 17.3. The highest BCUT2D eigenvalue weighted by Crippen LogP contribution is 2.27. The van der Waals surface area contributed by atoms with Crippen LogP contribution in [-0.2, 0) is 6.73 Å². The highest BCUT2D eigenvalue weighted by molar-refractivity contribution is 6.35. The minimum absolute atomic E-state index is 0.0972. The van der Waals surface area contributed by atoms with Gasteiger partial charge in [0.25, 0.3) is 5.91 Å². The Balaban J connectivity index is 1.65. The average molecular weight is 381 g/mol. The lowest BCUT2D eigenvalue weighted by Crippen LogP contribution is -2.15. The smallest absolute Gasteiger partial charge is 0.276 e. The zero-order valence-electron chi connectivity index (χ0n) is 13.4. The average Bonchev–Trinajstić information content (AvgIpc) is 3.16. The van der Waals surface area contributed by atoms with Crippen molar-refractivity contribution in [2.75, 3.05) is 5.32 Å². The van der Waals surface area contributed by atoms with Gasteiger partial charge in [-0.1, -0.05) is 28.4 Å². The fourth-order valence-corrected chi connectivity index (χ4v) is 2.58. The van der Waals surface area contributed by atoms with Crippen LogP contribution >= 0.6 is 23.2 Å². The third kappa shape index (κ3) is 3.94. The molecule has 0 spiro atoms. The summed E-state index contributed by atoms with van der Waals surface area (Å²) in [7, 11) is 0. The molecule has 0 saturated heterocycles. The molecule has 1 N–H and O–H groups in total. The fourth-order valence-electron chi connectivity index (χ4n) is 2.12. The molecule has 0 fully saturated rings. The van der Waals surface area contributed by atoms with Gasteiger partial charge in [-0.05, 0) is 38.1 Å². The number of nitrogens with one attached hydrogen (secondary N) is 1. The minimum Gasteiger partial charge on any atom is -0.470 e. The van der Waals surface area contributed by atoms with Crippen molar-refractivity contribution in [2.45, 2.75) is 20.6 Å². The van der Waals surface area contributed by atoms with E-state index in [1.807, 2.05) is 0 Å². The number of aryl methyl sites for hydroxylation is 2. The Morgan fingerprint density at radius 3 is 2.80 bits per heavy atom. The van der Waals surface area contributed by atoms with Crippen LogP contribution in [0.5, 0.6) is 5.75 Å². The van der Waals surface area contributed by atoms with Crippen LogP contribution in [0.3, 0.4) is 0 Å². The van der Waals surface area contributed by atoms with Gasteiger partial charge in [0.05, 0.1) is 5.02 Å². The lowest BCUT2D eigenvalue weighted by molar-refractivity contribution is 0.102. The SMILES string of the molecule is Cc1noc(C)c1NC(=O)c1ccn(COc2ccc(Cl)cc2Cl)n1. The molecule has 1 aromatic carbocycles. The number of carbonyl (C=O) groups is 1. The predicted molar refractivity (Wildman–Crippen MR) is 93.2 cm³/mol. The van der Waals surface area contributed by atoms with E-state index in [9.17, 15) is 4.79 Å². The highest BCUT2D eigenvalue weighted by Gasteiger charge is 2.16. The molecule has 3 rings (SSSR count). The van der Waals surface area contributed by atoms with Gasteiger partial charge in [-0.2, -0.15) is 5.10 Å². The normalized spacial score (nSPS) is 10.7. The third-order valence-corrected chi connectivity index (χ3v) is 3.92. The molecule has 2 aromatic heterocycles. The number of hydrogen-bond donors (Lipinski definition) is 1. The third-order valence-electron chi connectivity index (χ3n) is 3.39. The van der Waals surface area contributed by atoms with Gasteiger partial charge in [0.15, 0.2) is 18.2 Å². The summed E-state index contributed by atoms with van der Waals surface area (Å²) in [6.07, 6.45) is 1.63. The van der Waals surface area contributed by atoms with Gasteiger partial charge in [0.2, 0.25) is 0 Å². The van der Waals surface area contributed by atoms with Crippen molar-refractivity contribution < 1.29 is 14.1 Å². The van der Waals surface area contributed by atoms with Crippen LogP contribution in [0.1, 0.15) is 21.9 Å². The van der Waals surface area contributed by atoms with Crippen LogP contribution in [0, 0.1) is 13.8 Å². The van der Waals surface area contributed by atoms with E-state index < -0.39 is 0 Å². The van der Waals surface area contributed by atoms with Crippen LogP contribution in [0.4, 0.5) is 5.69 Å². The second-order valence-electron chi connectivity index (χ2n) is 5.24. The van der Waals surface area contributed by atoms with Gasteiger partial charge in [-0.3, -0.25) is 4.79 Å². The molecule has 7 nitrogen and oxygen atoms in total. The van der Waals surface area contributed by atoms with Crippen LogP contribution in [0.25, 0.3) is 0 Å². The Bertz CT molecular complexity index is 900. The van der Waals surface area contributed by atoms with E-state index in [0.29, 0.717) is 32.9 Å². The second kappa shape index (κ2) is 7.16. The van der Waals surface area contributed by atoms with E-state index in [-0.39, 0.29) is 18.3 Å². The maximum atomic E-state index is 12.3. The molecule has 0 radical (unpaired) electrons. The van der Waals surface area contributed by atoms with Gasteiger partial charge in [-0.25, -0.2) is 4.68 Å². The quantitative estimate of drug-likeness (QED) is 0.720. The van der Waals surface area contributed by atoms with Crippen molar-refractivity contribution in [2.24, 2.45) is 0 Å². The molecule has 25 heavy (non-hydrogen) atoms. The first-order chi connectivity index (χ1) is 11.9. The van der Waals surface area contributed by atoms with E-state index in [4.69, 9.17) is 32.5 Å². The zero-order valence-corrected chi connectivity index (χ0v) is 14.9. The molecule has 0 aliphatic heterocycles. The van der Waals surface area contributed by atoms with Crippen molar-refractivity contribution in [3.63, 3.8) is 0 Å². The number of ether oxygens (including phenoxy) is 1. The molecule has 0 aliphatic carbocycles. The molecular weight excluding hydrogens is 367 g/mol. The molecule has 0 atom stereocenters. The maximum Gasteiger partial charge on any atom is 0.276 e. The highest BCUT2D eigenvalue weighted by atomic mass is 35.5. The van der Waals surface area contributed by atoms with Gasteiger partial charge in [0.1, 0.15) is 17.1 Å². The van der Waals surface area contributed by atoms with Gasteiger partial charge >= 0.3 is 0 Å². The Morgan fingerprint density at radius 2 is 2.12 bits per heavy atom. The Morgan fingerprint density at radius 1 is 1.32 bits per heavy atom. The van der Waals surface area contributed by atoms with E-state index >= 15 is 0 Å². The molecule has 1 amide bonds. The van der Waals surface area contributed by atoms with Crippen LogP contribution in [-0.4, -0.2) is 20.8 Å². The first-order valence-electron chi connectivity index (χ1n) is 7.29. The summed E-state index contributed by atoms with van der Waals surface area (Å²) in [6.45, 7) is 3.56. The van der Waals surface area contributed by atoms with Gasteiger partial charge in [-0.15, -0.1) is 0 Å². The molecule has 0 saturated carbocycles. The van der Waals surface area contributed by atoms with Crippen LogP contribution in [0.2, 0.25) is 10.0 Å². The monoisotopic (exact) mass is 380 g/mol. The minimum atomic E-state index is -0.363. The zero-order chi connectivity index (χ0) is 18.0. The van der Waals surface area contributed by atoms with E-state index in [0.717, 1.165) is 0 Å². The predicted octanol–water partition coefficient (Wildman–Crippen LogP) is 4.08. The molecule has 0 bridgehead atoms. The lowest BCUT2D eigenvalue weighted by atomic mass is 10.3. The number of aromatic nitrogens is 3. The number of amides is 1. The molecule has 0 unspecified atom stereocenters. The van der Waals surface area contributed by atoms with E-state index in [1.54, 1.807) is 44.3 Å². The summed E-state index contributed by atoms with van der Waals surface area (Å²) in [5, 5.41) is 11.6. The molecule has 9 heteroatoms. The van der Waals surface area contributed by atoms with Crippen molar-refractivity contribution in [1.29, 1.82) is 0 Å². The fraction of sp³-hybridized carbons (Fsp3) is 0.188. The second-order valence-corrected chi connectivity index (χ2v) is 6.09. The van der Waals surface area contributed by atoms with Crippen LogP contribution in [0.15, 0.2) is 35.0 Å². The van der Waals surface area contributed by atoms with Crippen molar-refractivity contribution >= 4 is 34.8 Å². The summed E-state index contributed by atoms with van der Waals surface area (Å²) in [6, 6.07) is 6.51. The Kier molecular flexibility index (Phi) is 4.96. The van der Waals surface area contributed by atoms with Gasteiger partial charge < -0.3 is 14.6 Å². The van der Waals surface area contributed by atoms with Gasteiger partial charge in [0, 0.05) is 11.2 Å². The summed E-state index contributed by atoms with van der Waals surface area (Å²) >= 11 is 11.9. The topological polar surface area (TPSA) is 82.2 Å². The number of benzene rings is 1. The molecule has 2 heterocycles.